The predicted octanol–water partition coefficient (Wildman–Crippen LogP) is 6.10. The summed E-state index contributed by atoms with van der Waals surface area (Å²) in [6.45, 7) is 3.14. The summed E-state index contributed by atoms with van der Waals surface area (Å²) in [5.74, 6) is 1.68. The molecule has 0 spiro atoms. The summed E-state index contributed by atoms with van der Waals surface area (Å²) in [5.41, 5.74) is 0. The van der Waals surface area contributed by atoms with Crippen LogP contribution in [0.15, 0.2) is 11.1 Å². The van der Waals surface area contributed by atoms with Crippen molar-refractivity contribution in [2.75, 3.05) is 13.7 Å². The molecule has 0 aromatic rings. The van der Waals surface area contributed by atoms with Crippen LogP contribution >= 0.6 is 31.8 Å². The molecule has 4 heteroatoms. The molecular weight excluding hydrogens is 423 g/mol. The zero-order valence-electron chi connectivity index (χ0n) is 14.6. The molecule has 3 aliphatic rings. The van der Waals surface area contributed by atoms with Crippen LogP contribution in [0.4, 0.5) is 0 Å². The third-order valence-corrected chi connectivity index (χ3v) is 12.8. The standard InChI is InChI=1S/C19H32ClIO2/c1-14-12-16(20)10-11-23-21(14)17-8-9-19(22-2)18(13-17)15-6-4-3-5-7-15/h10,14-15,17-19H,3-9,11-13H2,1-2H3. The Morgan fingerprint density at radius 3 is 2.70 bits per heavy atom. The first-order chi connectivity index (χ1) is 11.2. The first-order valence-electron chi connectivity index (χ1n) is 9.36. The molecule has 2 aliphatic carbocycles. The van der Waals surface area contributed by atoms with Gasteiger partial charge < -0.3 is 0 Å². The van der Waals surface area contributed by atoms with Crippen LogP contribution in [0, 0.1) is 11.8 Å². The first-order valence-corrected chi connectivity index (χ1v) is 13.1. The van der Waals surface area contributed by atoms with Crippen LogP contribution < -0.4 is 0 Å². The summed E-state index contributed by atoms with van der Waals surface area (Å²) >= 11 is 4.89. The Labute approximate surface area is 154 Å². The number of rotatable bonds is 3. The van der Waals surface area contributed by atoms with Gasteiger partial charge in [-0.3, -0.25) is 0 Å². The Morgan fingerprint density at radius 1 is 1.17 bits per heavy atom. The third-order valence-electron chi connectivity index (χ3n) is 5.97. The van der Waals surface area contributed by atoms with Crippen molar-refractivity contribution in [2.45, 2.75) is 78.7 Å². The van der Waals surface area contributed by atoms with E-state index in [2.05, 4.69) is 13.0 Å². The molecule has 0 N–H and O–H groups in total. The van der Waals surface area contributed by atoms with Gasteiger partial charge >= 0.3 is 155 Å². The fourth-order valence-corrected chi connectivity index (χ4v) is 11.8. The maximum absolute atomic E-state index is 6.38. The fraction of sp³-hybridized carbons (Fsp3) is 0.895. The van der Waals surface area contributed by atoms with Gasteiger partial charge in [0.2, 0.25) is 0 Å². The van der Waals surface area contributed by atoms with E-state index in [1.807, 2.05) is 7.11 Å². The van der Waals surface area contributed by atoms with Gasteiger partial charge in [-0.15, -0.1) is 0 Å². The normalized spacial score (nSPS) is 38.9. The summed E-state index contributed by atoms with van der Waals surface area (Å²) in [6, 6.07) is 0. The van der Waals surface area contributed by atoms with E-state index in [9.17, 15) is 0 Å². The van der Waals surface area contributed by atoms with Crippen molar-refractivity contribution in [1.29, 1.82) is 0 Å². The topological polar surface area (TPSA) is 18.5 Å². The van der Waals surface area contributed by atoms with Gasteiger partial charge in [-0.2, -0.15) is 0 Å². The minimum absolute atomic E-state index is 0.495. The molecular formula is C19H32ClIO2. The van der Waals surface area contributed by atoms with Crippen LogP contribution in [-0.2, 0) is 7.80 Å². The molecule has 0 radical (unpaired) electrons. The maximum atomic E-state index is 6.38. The van der Waals surface area contributed by atoms with Gasteiger partial charge in [0.25, 0.3) is 0 Å². The second kappa shape index (κ2) is 8.86. The van der Waals surface area contributed by atoms with Crippen molar-refractivity contribution in [3.05, 3.63) is 11.1 Å². The summed E-state index contributed by atoms with van der Waals surface area (Å²) in [5, 5.41) is 1.02. The van der Waals surface area contributed by atoms with Gasteiger partial charge in [-0.25, -0.2) is 0 Å². The summed E-state index contributed by atoms with van der Waals surface area (Å²) in [6.07, 6.45) is 14.7. The zero-order valence-corrected chi connectivity index (χ0v) is 17.5. The second-order valence-corrected chi connectivity index (χ2v) is 14.2. The number of hydrogen-bond acceptors (Lipinski definition) is 2. The van der Waals surface area contributed by atoms with E-state index in [0.29, 0.717) is 10.0 Å². The minimum atomic E-state index is -1.41. The van der Waals surface area contributed by atoms with Gasteiger partial charge in [-0.1, -0.05) is 0 Å². The molecule has 0 amide bonds. The molecule has 0 saturated heterocycles. The number of methoxy groups -OCH3 is 1. The van der Waals surface area contributed by atoms with Crippen molar-refractivity contribution < 1.29 is 7.80 Å². The number of halogens is 2. The SMILES string of the molecule is COC1CCC(I2OCC=C(Cl)CC2C)CC1C1CCCCC1. The Balaban J connectivity index is 1.66. The van der Waals surface area contributed by atoms with Crippen molar-refractivity contribution >= 4 is 31.8 Å². The molecule has 2 saturated carbocycles. The fourth-order valence-electron chi connectivity index (χ4n) is 4.79. The number of ether oxygens (including phenoxy) is 1. The monoisotopic (exact) mass is 454 g/mol. The molecule has 1 aliphatic heterocycles. The van der Waals surface area contributed by atoms with Crippen molar-refractivity contribution in [1.82, 2.24) is 0 Å². The summed E-state index contributed by atoms with van der Waals surface area (Å²) < 4.78 is 13.8. The molecule has 4 atom stereocenters. The molecule has 0 aromatic carbocycles. The Hall–Kier alpha value is 0.680. The molecule has 23 heavy (non-hydrogen) atoms. The van der Waals surface area contributed by atoms with E-state index >= 15 is 0 Å². The molecule has 4 unspecified atom stereocenters. The van der Waals surface area contributed by atoms with Gasteiger partial charge in [0.1, 0.15) is 0 Å². The van der Waals surface area contributed by atoms with Gasteiger partial charge in [0.15, 0.2) is 0 Å². The Kier molecular flexibility index (Phi) is 7.12. The molecule has 3 rings (SSSR count). The number of alkyl halides is 2. The molecule has 1 heterocycles. The molecule has 134 valence electrons. The quantitative estimate of drug-likeness (QED) is 0.379. The van der Waals surface area contributed by atoms with Crippen LogP contribution in [0.1, 0.15) is 64.7 Å². The van der Waals surface area contributed by atoms with E-state index in [-0.39, 0.29) is 0 Å². The van der Waals surface area contributed by atoms with Gasteiger partial charge in [0.05, 0.1) is 0 Å². The van der Waals surface area contributed by atoms with Crippen molar-refractivity contribution in [3.8, 4) is 0 Å². The molecule has 0 bridgehead atoms. The van der Waals surface area contributed by atoms with E-state index in [4.69, 9.17) is 19.4 Å². The van der Waals surface area contributed by atoms with Crippen LogP contribution in [0.3, 0.4) is 0 Å². The summed E-state index contributed by atoms with van der Waals surface area (Å²) in [4.78, 5) is 0. The number of allylic oxidation sites excluding steroid dienone is 1. The predicted molar refractivity (Wildman–Crippen MR) is 106 cm³/mol. The Morgan fingerprint density at radius 2 is 1.96 bits per heavy atom. The zero-order chi connectivity index (χ0) is 16.2. The third kappa shape index (κ3) is 4.65. The van der Waals surface area contributed by atoms with Crippen molar-refractivity contribution in [3.63, 3.8) is 0 Å². The van der Waals surface area contributed by atoms with Gasteiger partial charge in [-0.05, 0) is 0 Å². The van der Waals surface area contributed by atoms with E-state index in [1.165, 1.54) is 51.4 Å². The van der Waals surface area contributed by atoms with E-state index in [1.54, 1.807) is 0 Å². The van der Waals surface area contributed by atoms with E-state index < -0.39 is 20.2 Å². The van der Waals surface area contributed by atoms with Crippen LogP contribution in [0.25, 0.3) is 0 Å². The molecule has 2 fully saturated rings. The van der Waals surface area contributed by atoms with Crippen LogP contribution in [0.5, 0.6) is 0 Å². The molecule has 2 nitrogen and oxygen atoms in total. The van der Waals surface area contributed by atoms with Crippen LogP contribution in [0.2, 0.25) is 0 Å². The average Bonchev–Trinajstić information content (AvgIpc) is 2.75. The van der Waals surface area contributed by atoms with Crippen molar-refractivity contribution in [2.24, 2.45) is 11.8 Å². The second-order valence-electron chi connectivity index (χ2n) is 7.46. The number of hydrogen-bond donors (Lipinski definition) is 0. The Bertz CT molecular complexity index is 408. The molecule has 0 aromatic heterocycles. The van der Waals surface area contributed by atoms with Crippen LogP contribution in [-0.4, -0.2) is 27.7 Å². The van der Waals surface area contributed by atoms with Gasteiger partial charge in [0, 0.05) is 0 Å². The average molecular weight is 455 g/mol. The van der Waals surface area contributed by atoms with E-state index in [0.717, 1.165) is 33.8 Å². The summed E-state index contributed by atoms with van der Waals surface area (Å²) in [7, 11) is 1.92. The first kappa shape index (κ1) is 18.5.